The molecule has 0 spiro atoms. The highest BCUT2D eigenvalue weighted by atomic mass is 32.2. The minimum atomic E-state index is -4.78. The first-order valence-electron chi connectivity index (χ1n) is 11.8. The van der Waals surface area contributed by atoms with Crippen LogP contribution in [0, 0.1) is 11.6 Å². The molecule has 1 amide bonds. The molecule has 0 saturated carbocycles. The van der Waals surface area contributed by atoms with Crippen LogP contribution in [0.15, 0.2) is 65.6 Å². The number of nitrogens with zero attached hydrogens (tertiary/aromatic N) is 1. The van der Waals surface area contributed by atoms with Crippen LogP contribution in [-0.2, 0) is 21.0 Å². The zero-order valence-corrected chi connectivity index (χ0v) is 22.0. The van der Waals surface area contributed by atoms with Gasteiger partial charge in [-0.15, -0.1) is 0 Å². The molecule has 39 heavy (non-hydrogen) atoms. The second kappa shape index (κ2) is 10.1. The number of alkyl halides is 3. The average molecular weight is 569 g/mol. The van der Waals surface area contributed by atoms with Crippen LogP contribution in [0.1, 0.15) is 32.8 Å². The zero-order chi connectivity index (χ0) is 28.8. The van der Waals surface area contributed by atoms with Crippen LogP contribution in [0.3, 0.4) is 0 Å². The summed E-state index contributed by atoms with van der Waals surface area (Å²) in [6.45, 7) is 4.45. The lowest BCUT2D eigenvalue weighted by molar-refractivity contribution is -0.137. The molecule has 4 rings (SSSR count). The number of rotatable bonds is 6. The minimum Gasteiger partial charge on any atom is -0.486 e. The number of halogens is 5. The van der Waals surface area contributed by atoms with Gasteiger partial charge in [0.1, 0.15) is 23.5 Å². The van der Waals surface area contributed by atoms with Gasteiger partial charge in [-0.05, 0) is 67.9 Å². The largest absolute Gasteiger partial charge is 0.486 e. The minimum absolute atomic E-state index is 0.0536. The van der Waals surface area contributed by atoms with E-state index in [0.717, 1.165) is 40.7 Å². The Bertz CT molecular complexity index is 1520. The number of anilines is 1. The second-order valence-corrected chi connectivity index (χ2v) is 11.7. The molecule has 0 radical (unpaired) electrons. The van der Waals surface area contributed by atoms with Crippen molar-refractivity contribution in [3.05, 3.63) is 77.9 Å². The summed E-state index contributed by atoms with van der Waals surface area (Å²) in [4.78, 5) is 11.0. The molecule has 3 aromatic rings. The molecule has 0 aromatic heterocycles. The van der Waals surface area contributed by atoms with E-state index in [1.165, 1.54) is 25.1 Å². The summed E-state index contributed by atoms with van der Waals surface area (Å²) in [7, 11) is -4.59. The highest BCUT2D eigenvalue weighted by Gasteiger charge is 2.39. The third kappa shape index (κ3) is 6.16. The molecule has 0 bridgehead atoms. The van der Waals surface area contributed by atoms with Crippen molar-refractivity contribution in [3.8, 4) is 16.9 Å². The lowest BCUT2D eigenvalue weighted by atomic mass is 9.95. The Morgan fingerprint density at radius 3 is 2.44 bits per heavy atom. The Kier molecular flexibility index (Phi) is 7.37. The molecular weight excluding hydrogens is 543 g/mol. The van der Waals surface area contributed by atoms with E-state index in [4.69, 9.17) is 4.74 Å². The van der Waals surface area contributed by atoms with Gasteiger partial charge in [0.15, 0.2) is 0 Å². The van der Waals surface area contributed by atoms with Gasteiger partial charge < -0.3 is 10.1 Å². The molecule has 0 unspecified atom stereocenters. The van der Waals surface area contributed by atoms with Crippen molar-refractivity contribution in [2.45, 2.75) is 49.9 Å². The molecule has 1 heterocycles. The molecule has 208 valence electrons. The number of amides is 1. The molecule has 0 saturated heterocycles. The first-order valence-corrected chi connectivity index (χ1v) is 13.3. The number of nitrogens with one attached hydrogen (secondary N) is 1. The normalized spacial score (nSPS) is 15.9. The van der Waals surface area contributed by atoms with Crippen LogP contribution < -0.4 is 14.4 Å². The van der Waals surface area contributed by atoms with Gasteiger partial charge in [0.25, 0.3) is 10.0 Å². The molecule has 0 aliphatic carbocycles. The number of benzene rings is 3. The van der Waals surface area contributed by atoms with E-state index in [1.807, 2.05) is 0 Å². The summed E-state index contributed by atoms with van der Waals surface area (Å²) in [6.07, 6.45) is -5.43. The fourth-order valence-electron chi connectivity index (χ4n) is 4.59. The number of carbonyl (C=O) groups excluding carboxylic acids is 1. The van der Waals surface area contributed by atoms with E-state index in [2.05, 4.69) is 5.32 Å². The lowest BCUT2D eigenvalue weighted by Gasteiger charge is -2.39. The van der Waals surface area contributed by atoms with Crippen LogP contribution in [0.4, 0.5) is 27.6 Å². The van der Waals surface area contributed by atoms with Crippen LogP contribution in [0.2, 0.25) is 0 Å². The lowest BCUT2D eigenvalue weighted by Crippen LogP contribution is -2.50. The maximum absolute atomic E-state index is 14.5. The molecule has 12 heteroatoms. The Morgan fingerprint density at radius 2 is 1.77 bits per heavy atom. The molecule has 0 fully saturated rings. The van der Waals surface area contributed by atoms with Gasteiger partial charge in [0, 0.05) is 24.4 Å². The maximum atomic E-state index is 14.5. The first kappa shape index (κ1) is 28.3. The number of carbonyl (C=O) groups is 1. The molecular formula is C27H25F5N2O4S. The Balaban J connectivity index is 1.83. The highest BCUT2D eigenvalue weighted by molar-refractivity contribution is 7.92. The monoisotopic (exact) mass is 568 g/mol. The fraction of sp³-hybridized carbons (Fsp3) is 0.296. The van der Waals surface area contributed by atoms with Gasteiger partial charge in [-0.1, -0.05) is 12.1 Å². The van der Waals surface area contributed by atoms with Crippen molar-refractivity contribution in [2.75, 3.05) is 10.8 Å². The second-order valence-electron chi connectivity index (χ2n) is 9.88. The molecule has 1 aliphatic rings. The topological polar surface area (TPSA) is 75.7 Å². The van der Waals surface area contributed by atoms with Crippen molar-refractivity contribution < 1.29 is 39.9 Å². The average Bonchev–Trinajstić information content (AvgIpc) is 2.83. The predicted octanol–water partition coefficient (Wildman–Crippen LogP) is 5.91. The third-order valence-electron chi connectivity index (χ3n) is 6.13. The summed E-state index contributed by atoms with van der Waals surface area (Å²) in [5, 5.41) is 2.75. The summed E-state index contributed by atoms with van der Waals surface area (Å²) in [5.74, 6) is -1.71. The van der Waals surface area contributed by atoms with E-state index in [1.54, 1.807) is 13.8 Å². The zero-order valence-electron chi connectivity index (χ0n) is 21.1. The van der Waals surface area contributed by atoms with Crippen molar-refractivity contribution in [1.29, 1.82) is 0 Å². The molecule has 6 nitrogen and oxygen atoms in total. The SMILES string of the molecule is CC(=O)NC(C)(C)C[C@@H]1CN(S(=O)(=O)c2cccc(C(F)(F)F)c2)c2cc(-c3cc(F)ccc3F)ccc2O1. The quantitative estimate of drug-likeness (QED) is 0.375. The van der Waals surface area contributed by atoms with Crippen molar-refractivity contribution in [2.24, 2.45) is 0 Å². The summed E-state index contributed by atoms with van der Waals surface area (Å²) in [5.41, 5.74) is -2.01. The van der Waals surface area contributed by atoms with Gasteiger partial charge >= 0.3 is 6.18 Å². The molecule has 1 N–H and O–H groups in total. The van der Waals surface area contributed by atoms with E-state index in [0.29, 0.717) is 6.07 Å². The van der Waals surface area contributed by atoms with Crippen LogP contribution >= 0.6 is 0 Å². The van der Waals surface area contributed by atoms with E-state index >= 15 is 0 Å². The van der Waals surface area contributed by atoms with Crippen LogP contribution in [0.25, 0.3) is 11.1 Å². The Morgan fingerprint density at radius 1 is 1.05 bits per heavy atom. The smallest absolute Gasteiger partial charge is 0.416 e. The molecule has 1 atom stereocenters. The Labute approximate surface area is 222 Å². The maximum Gasteiger partial charge on any atom is 0.416 e. The highest BCUT2D eigenvalue weighted by Crippen LogP contribution is 2.42. The predicted molar refractivity (Wildman–Crippen MR) is 135 cm³/mol. The van der Waals surface area contributed by atoms with Crippen LogP contribution in [0.5, 0.6) is 5.75 Å². The number of hydrogen-bond donors (Lipinski definition) is 1. The molecule has 1 aliphatic heterocycles. The van der Waals surface area contributed by atoms with E-state index in [9.17, 15) is 35.2 Å². The van der Waals surface area contributed by atoms with Gasteiger partial charge in [-0.25, -0.2) is 17.2 Å². The third-order valence-corrected chi connectivity index (χ3v) is 7.91. The summed E-state index contributed by atoms with van der Waals surface area (Å²) >= 11 is 0. The van der Waals surface area contributed by atoms with Crippen molar-refractivity contribution in [3.63, 3.8) is 0 Å². The van der Waals surface area contributed by atoms with Gasteiger partial charge in [0.05, 0.1) is 22.7 Å². The number of hydrogen-bond acceptors (Lipinski definition) is 4. The number of fused-ring (bicyclic) bond motifs is 1. The first-order chi connectivity index (χ1) is 18.1. The van der Waals surface area contributed by atoms with Crippen LogP contribution in [-0.4, -0.2) is 32.5 Å². The number of ether oxygens (including phenoxy) is 1. The molecule has 3 aromatic carbocycles. The van der Waals surface area contributed by atoms with Gasteiger partial charge in [0.2, 0.25) is 5.91 Å². The van der Waals surface area contributed by atoms with Gasteiger partial charge in [-0.3, -0.25) is 9.10 Å². The summed E-state index contributed by atoms with van der Waals surface area (Å²) < 4.78 is 103. The standard InChI is InChI=1S/C27H25F5N2O4S/c1-16(35)33-26(2,3)14-20-15-34(39(36,37)21-6-4-5-18(12-21)27(30,31)32)24-11-17(7-10-25(24)38-20)22-13-19(28)8-9-23(22)29/h4-13,20H,14-15H2,1-3H3,(H,33,35)/t20-/m1/s1. The van der Waals surface area contributed by atoms with E-state index in [-0.39, 0.29) is 41.4 Å². The fourth-order valence-corrected chi connectivity index (χ4v) is 6.13. The van der Waals surface area contributed by atoms with Gasteiger partial charge in [-0.2, -0.15) is 13.2 Å². The summed E-state index contributed by atoms with van der Waals surface area (Å²) in [6, 6.07) is 10.3. The van der Waals surface area contributed by atoms with Crippen molar-refractivity contribution in [1.82, 2.24) is 5.32 Å². The number of sulfonamides is 1. The van der Waals surface area contributed by atoms with Crippen molar-refractivity contribution >= 4 is 21.6 Å². The Hall–Kier alpha value is -3.67. The van der Waals surface area contributed by atoms with E-state index < -0.39 is 49.9 Å².